The van der Waals surface area contributed by atoms with E-state index in [2.05, 4.69) is 10.3 Å². The molecular weight excluding hydrogens is 408 g/mol. The first-order valence-electron chi connectivity index (χ1n) is 10.7. The van der Waals surface area contributed by atoms with Crippen LogP contribution in [0.25, 0.3) is 10.9 Å². The van der Waals surface area contributed by atoms with Crippen molar-refractivity contribution in [2.75, 3.05) is 27.2 Å². The number of carbonyl (C=O) groups excluding carboxylic acids is 2. The number of amides is 3. The Hall–Kier alpha value is -3.52. The van der Waals surface area contributed by atoms with E-state index in [9.17, 15) is 14.7 Å². The van der Waals surface area contributed by atoms with Gasteiger partial charge in [-0.1, -0.05) is 12.1 Å². The minimum atomic E-state index is -1.04. The number of phenols is 1. The van der Waals surface area contributed by atoms with E-state index in [1.165, 1.54) is 4.90 Å². The molecule has 5 rings (SSSR count). The van der Waals surface area contributed by atoms with Crippen molar-refractivity contribution in [2.45, 2.75) is 24.9 Å². The molecule has 0 bridgehead atoms. The molecule has 0 aliphatic carbocycles. The first-order chi connectivity index (χ1) is 15.4. The Balaban J connectivity index is 1.74. The van der Waals surface area contributed by atoms with Crippen LogP contribution in [0.4, 0.5) is 4.79 Å². The van der Waals surface area contributed by atoms with E-state index >= 15 is 0 Å². The Bertz CT molecular complexity index is 1240. The van der Waals surface area contributed by atoms with Crippen molar-refractivity contribution in [3.8, 4) is 11.5 Å². The lowest BCUT2D eigenvalue weighted by atomic mass is 9.81. The number of aromatic nitrogens is 1. The maximum Gasteiger partial charge on any atom is 0.328 e. The standard InChI is InChI=1S/C24H26N4O4/c1-24-13-18-17-12-16(32-3)7-8-19(17)26-20(18)21(14-5-4-6-15(29)11-14)28(24)23(31)27(22(24)30)10-9-25-2/h4-8,11-12,21,25-26,29H,9-10,13H2,1-3H3/t21-,24+/m1/s1. The van der Waals surface area contributed by atoms with Gasteiger partial charge in [0.15, 0.2) is 0 Å². The number of aromatic amines is 1. The SMILES string of the molecule is CNCCN1C(=O)N2[C@H](c3cccc(O)c3)c3[nH]c4ccc(OC)cc4c3C[C@@]2(C)C1=O. The van der Waals surface area contributed by atoms with E-state index in [1.54, 1.807) is 37.3 Å². The first-order valence-corrected chi connectivity index (χ1v) is 10.7. The van der Waals surface area contributed by atoms with Gasteiger partial charge in [-0.05, 0) is 55.4 Å². The summed E-state index contributed by atoms with van der Waals surface area (Å²) < 4.78 is 5.43. The van der Waals surface area contributed by atoms with E-state index in [1.807, 2.05) is 31.2 Å². The van der Waals surface area contributed by atoms with Gasteiger partial charge < -0.3 is 20.1 Å². The van der Waals surface area contributed by atoms with Crippen LogP contribution < -0.4 is 10.1 Å². The summed E-state index contributed by atoms with van der Waals surface area (Å²) in [7, 11) is 3.41. The average molecular weight is 434 g/mol. The number of benzene rings is 2. The second kappa shape index (κ2) is 7.27. The van der Waals surface area contributed by atoms with Crippen molar-refractivity contribution in [3.63, 3.8) is 0 Å². The van der Waals surface area contributed by atoms with Crippen LogP contribution in [-0.4, -0.2) is 64.6 Å². The number of fused-ring (bicyclic) bond motifs is 4. The zero-order chi connectivity index (χ0) is 22.6. The number of likely N-dealkylation sites (N-methyl/N-ethyl adjacent to an activating group) is 1. The number of phenolic OH excluding ortho intramolecular Hbond substituents is 1. The second-order valence-corrected chi connectivity index (χ2v) is 8.59. The van der Waals surface area contributed by atoms with Crippen molar-refractivity contribution in [1.82, 2.24) is 20.1 Å². The molecule has 3 N–H and O–H groups in total. The third-order valence-electron chi connectivity index (χ3n) is 6.64. The quantitative estimate of drug-likeness (QED) is 0.537. The van der Waals surface area contributed by atoms with Gasteiger partial charge in [-0.2, -0.15) is 0 Å². The van der Waals surface area contributed by atoms with E-state index in [-0.39, 0.29) is 17.7 Å². The van der Waals surface area contributed by atoms with Crippen LogP contribution in [0.5, 0.6) is 11.5 Å². The molecule has 2 aliphatic rings. The van der Waals surface area contributed by atoms with Gasteiger partial charge in [0.25, 0.3) is 5.91 Å². The average Bonchev–Trinajstić information content (AvgIpc) is 3.22. The summed E-state index contributed by atoms with van der Waals surface area (Å²) in [5.74, 6) is 0.634. The molecule has 8 nitrogen and oxygen atoms in total. The minimum absolute atomic E-state index is 0.110. The molecule has 0 radical (unpaired) electrons. The number of hydrogen-bond donors (Lipinski definition) is 3. The molecular formula is C24H26N4O4. The van der Waals surface area contributed by atoms with Crippen LogP contribution in [-0.2, 0) is 11.2 Å². The van der Waals surface area contributed by atoms with Crippen molar-refractivity contribution >= 4 is 22.8 Å². The molecule has 8 heteroatoms. The van der Waals surface area contributed by atoms with E-state index < -0.39 is 11.6 Å². The van der Waals surface area contributed by atoms with E-state index in [0.29, 0.717) is 19.5 Å². The summed E-state index contributed by atoms with van der Waals surface area (Å²) in [6.45, 7) is 2.66. The first kappa shape index (κ1) is 20.4. The number of carbonyl (C=O) groups is 2. The van der Waals surface area contributed by atoms with Crippen molar-refractivity contribution in [3.05, 3.63) is 59.3 Å². The number of H-pyrrole nitrogens is 1. The number of imide groups is 1. The minimum Gasteiger partial charge on any atom is -0.508 e. The maximum absolute atomic E-state index is 13.6. The molecule has 0 spiro atoms. The normalized spacial score (nSPS) is 22.4. The van der Waals surface area contributed by atoms with Crippen molar-refractivity contribution in [2.24, 2.45) is 0 Å². The molecule has 3 heterocycles. The molecule has 2 atom stereocenters. The second-order valence-electron chi connectivity index (χ2n) is 8.59. The molecule has 2 aliphatic heterocycles. The molecule has 1 saturated heterocycles. The third-order valence-corrected chi connectivity index (χ3v) is 6.64. The summed E-state index contributed by atoms with van der Waals surface area (Å²) in [5.41, 5.74) is 2.46. The van der Waals surface area contributed by atoms with Crippen LogP contribution in [0.2, 0.25) is 0 Å². The number of hydrogen-bond acceptors (Lipinski definition) is 5. The van der Waals surface area contributed by atoms with Crippen LogP contribution >= 0.6 is 0 Å². The van der Waals surface area contributed by atoms with Gasteiger partial charge in [0.05, 0.1) is 7.11 Å². The Morgan fingerprint density at radius 1 is 1.25 bits per heavy atom. The van der Waals surface area contributed by atoms with Gasteiger partial charge in [0.1, 0.15) is 23.1 Å². The van der Waals surface area contributed by atoms with Crippen molar-refractivity contribution in [1.29, 1.82) is 0 Å². The Labute approximate surface area is 185 Å². The monoisotopic (exact) mass is 434 g/mol. The highest BCUT2D eigenvalue weighted by Crippen LogP contribution is 2.49. The van der Waals surface area contributed by atoms with Crippen LogP contribution in [0, 0.1) is 0 Å². The summed E-state index contributed by atoms with van der Waals surface area (Å²) >= 11 is 0. The van der Waals surface area contributed by atoms with E-state index in [0.717, 1.165) is 33.5 Å². The lowest BCUT2D eigenvalue weighted by Crippen LogP contribution is -2.53. The lowest BCUT2D eigenvalue weighted by Gasteiger charge is -2.42. The fourth-order valence-corrected chi connectivity index (χ4v) is 5.08. The van der Waals surface area contributed by atoms with Gasteiger partial charge in [0, 0.05) is 36.1 Å². The summed E-state index contributed by atoms with van der Waals surface area (Å²) in [4.78, 5) is 33.6. The molecule has 0 saturated carbocycles. The molecule has 1 aromatic heterocycles. The smallest absolute Gasteiger partial charge is 0.328 e. The Morgan fingerprint density at radius 3 is 2.78 bits per heavy atom. The number of urea groups is 1. The maximum atomic E-state index is 13.6. The zero-order valence-electron chi connectivity index (χ0n) is 18.3. The summed E-state index contributed by atoms with van der Waals surface area (Å²) in [6, 6.07) is 11.8. The lowest BCUT2D eigenvalue weighted by molar-refractivity contribution is -0.133. The Kier molecular flexibility index (Phi) is 4.63. The van der Waals surface area contributed by atoms with Crippen LogP contribution in [0.3, 0.4) is 0 Å². The molecule has 0 unspecified atom stereocenters. The highest BCUT2D eigenvalue weighted by molar-refractivity contribution is 6.08. The van der Waals surface area contributed by atoms with Crippen LogP contribution in [0.15, 0.2) is 42.5 Å². The highest BCUT2D eigenvalue weighted by atomic mass is 16.5. The number of aromatic hydroxyl groups is 1. The predicted octanol–water partition coefficient (Wildman–Crippen LogP) is 2.77. The molecule has 2 aromatic carbocycles. The number of methoxy groups -OCH3 is 1. The van der Waals surface area contributed by atoms with Gasteiger partial charge in [-0.3, -0.25) is 14.6 Å². The molecule has 3 aromatic rings. The number of rotatable bonds is 5. The van der Waals surface area contributed by atoms with Gasteiger partial charge in [0.2, 0.25) is 0 Å². The predicted molar refractivity (Wildman–Crippen MR) is 120 cm³/mol. The van der Waals surface area contributed by atoms with E-state index in [4.69, 9.17) is 4.74 Å². The highest BCUT2D eigenvalue weighted by Gasteiger charge is 2.60. The number of nitrogens with one attached hydrogen (secondary N) is 2. The van der Waals surface area contributed by atoms with Gasteiger partial charge in [-0.25, -0.2) is 4.79 Å². The van der Waals surface area contributed by atoms with Gasteiger partial charge >= 0.3 is 6.03 Å². The largest absolute Gasteiger partial charge is 0.508 e. The fraction of sp³-hybridized carbons (Fsp3) is 0.333. The van der Waals surface area contributed by atoms with Crippen LogP contribution in [0.1, 0.15) is 29.8 Å². The summed E-state index contributed by atoms with van der Waals surface area (Å²) in [6.07, 6.45) is 0.394. The molecule has 32 heavy (non-hydrogen) atoms. The number of ether oxygens (including phenoxy) is 1. The zero-order valence-corrected chi connectivity index (χ0v) is 18.3. The van der Waals surface area contributed by atoms with Crippen molar-refractivity contribution < 1.29 is 19.4 Å². The molecule has 3 amide bonds. The number of nitrogens with zero attached hydrogens (tertiary/aromatic N) is 2. The Morgan fingerprint density at radius 2 is 2.06 bits per heavy atom. The molecule has 1 fully saturated rings. The molecule has 166 valence electrons. The fourth-order valence-electron chi connectivity index (χ4n) is 5.08. The topological polar surface area (TPSA) is 97.9 Å². The third kappa shape index (κ3) is 2.79. The van der Waals surface area contributed by atoms with Gasteiger partial charge in [-0.15, -0.1) is 0 Å². The summed E-state index contributed by atoms with van der Waals surface area (Å²) in [5, 5.41) is 14.2.